The van der Waals surface area contributed by atoms with E-state index in [1.165, 1.54) is 9.87 Å². The van der Waals surface area contributed by atoms with E-state index >= 15 is 0 Å². The van der Waals surface area contributed by atoms with Gasteiger partial charge in [-0.25, -0.2) is 8.42 Å². The van der Waals surface area contributed by atoms with Gasteiger partial charge in [0.25, 0.3) is 0 Å². The lowest BCUT2D eigenvalue weighted by Crippen LogP contribution is -2.55. The minimum Gasteiger partial charge on any atom is -0.354 e. The summed E-state index contributed by atoms with van der Waals surface area (Å²) in [5.74, 6) is 0.214. The Morgan fingerprint density at radius 1 is 0.967 bits per heavy atom. The molecule has 2 atom stereocenters. The van der Waals surface area contributed by atoms with Crippen LogP contribution in [0.15, 0.2) is 59.5 Å². The number of benzene rings is 2. The first-order valence-corrected chi connectivity index (χ1v) is 11.9. The van der Waals surface area contributed by atoms with E-state index in [-0.39, 0.29) is 17.9 Å². The zero-order valence-corrected chi connectivity index (χ0v) is 18.7. The highest BCUT2D eigenvalue weighted by molar-refractivity contribution is 7.89. The van der Waals surface area contributed by atoms with Crippen LogP contribution in [-0.2, 0) is 14.8 Å². The van der Waals surface area contributed by atoms with Crippen LogP contribution in [-0.4, -0.2) is 62.3 Å². The Kier molecular flexibility index (Phi) is 7.28. The predicted molar refractivity (Wildman–Crippen MR) is 119 cm³/mol. The molecule has 0 unspecified atom stereocenters. The molecule has 0 aromatic heterocycles. The highest BCUT2D eigenvalue weighted by Crippen LogP contribution is 2.19. The molecule has 0 radical (unpaired) electrons. The second-order valence-electron chi connectivity index (χ2n) is 7.99. The van der Waals surface area contributed by atoms with Gasteiger partial charge in [-0.2, -0.15) is 4.31 Å². The van der Waals surface area contributed by atoms with Crippen molar-refractivity contribution < 1.29 is 13.2 Å². The molecule has 1 N–H and O–H groups in total. The maximum atomic E-state index is 12.8. The van der Waals surface area contributed by atoms with Crippen LogP contribution in [0.25, 0.3) is 0 Å². The normalized spacial score (nSPS) is 18.0. The maximum absolute atomic E-state index is 12.8. The number of amides is 1. The van der Waals surface area contributed by atoms with Gasteiger partial charge in [0.2, 0.25) is 15.9 Å². The number of carbonyl (C=O) groups is 1. The maximum Gasteiger partial charge on any atom is 0.243 e. The van der Waals surface area contributed by atoms with Gasteiger partial charge in [0.05, 0.1) is 10.9 Å². The molecule has 7 heteroatoms. The molecule has 2 aromatic rings. The van der Waals surface area contributed by atoms with E-state index in [0.29, 0.717) is 37.6 Å². The zero-order valence-electron chi connectivity index (χ0n) is 17.9. The number of hydrogen-bond donors (Lipinski definition) is 1. The van der Waals surface area contributed by atoms with E-state index in [1.54, 1.807) is 12.1 Å². The number of nitrogens with zero attached hydrogens (tertiary/aromatic N) is 2. The van der Waals surface area contributed by atoms with Crippen molar-refractivity contribution in [1.82, 2.24) is 14.5 Å². The summed E-state index contributed by atoms with van der Waals surface area (Å²) < 4.78 is 27.2. The quantitative estimate of drug-likeness (QED) is 0.735. The number of carbonyl (C=O) groups excluding carboxylic acids is 1. The van der Waals surface area contributed by atoms with Gasteiger partial charge in [-0.3, -0.25) is 9.69 Å². The van der Waals surface area contributed by atoms with Crippen molar-refractivity contribution in [3.63, 3.8) is 0 Å². The van der Waals surface area contributed by atoms with E-state index in [4.69, 9.17) is 0 Å². The number of sulfonamides is 1. The zero-order chi connectivity index (χ0) is 21.7. The molecule has 0 saturated carbocycles. The van der Waals surface area contributed by atoms with Crippen molar-refractivity contribution in [2.45, 2.75) is 37.6 Å². The highest BCUT2D eigenvalue weighted by atomic mass is 32.2. The summed E-state index contributed by atoms with van der Waals surface area (Å²) in [6, 6.07) is 16.7. The number of aryl methyl sites for hydroxylation is 1. The van der Waals surface area contributed by atoms with Crippen molar-refractivity contribution >= 4 is 15.9 Å². The smallest absolute Gasteiger partial charge is 0.243 e. The summed E-state index contributed by atoms with van der Waals surface area (Å²) in [7, 11) is -3.49. The molecule has 30 heavy (non-hydrogen) atoms. The van der Waals surface area contributed by atoms with Crippen LogP contribution in [0.2, 0.25) is 0 Å². The molecule has 2 aromatic carbocycles. The van der Waals surface area contributed by atoms with Gasteiger partial charge in [0.15, 0.2) is 0 Å². The standard InChI is InChI=1S/C23H31N3O3S/c1-18-9-11-22(12-10-18)30(28,29)26-15-13-25(14-16-26)20(3)23(27)24-17-19(2)21-7-5-4-6-8-21/h4-12,19-20H,13-17H2,1-3H3,(H,24,27)/t19-,20-/m0/s1. The Labute approximate surface area is 179 Å². The topological polar surface area (TPSA) is 69.7 Å². The first-order valence-electron chi connectivity index (χ1n) is 10.4. The molecule has 1 aliphatic rings. The summed E-state index contributed by atoms with van der Waals surface area (Å²) in [6.45, 7) is 8.32. The van der Waals surface area contributed by atoms with Crippen LogP contribution in [0.1, 0.15) is 30.9 Å². The molecule has 0 spiro atoms. The van der Waals surface area contributed by atoms with Gasteiger partial charge in [-0.1, -0.05) is 55.0 Å². The van der Waals surface area contributed by atoms with E-state index in [2.05, 4.69) is 24.4 Å². The molecule has 1 heterocycles. The number of rotatable bonds is 7. The second-order valence-corrected chi connectivity index (χ2v) is 9.92. The van der Waals surface area contributed by atoms with Crippen LogP contribution in [0.5, 0.6) is 0 Å². The largest absolute Gasteiger partial charge is 0.354 e. The minimum atomic E-state index is -3.49. The van der Waals surface area contributed by atoms with Crippen LogP contribution < -0.4 is 5.32 Å². The monoisotopic (exact) mass is 429 g/mol. The van der Waals surface area contributed by atoms with Gasteiger partial charge < -0.3 is 5.32 Å². The Hall–Kier alpha value is -2.22. The van der Waals surface area contributed by atoms with E-state index in [0.717, 1.165) is 5.56 Å². The fraction of sp³-hybridized carbons (Fsp3) is 0.435. The molecular weight excluding hydrogens is 398 g/mol. The van der Waals surface area contributed by atoms with Crippen LogP contribution in [0.4, 0.5) is 0 Å². The molecule has 1 fully saturated rings. The fourth-order valence-electron chi connectivity index (χ4n) is 3.66. The van der Waals surface area contributed by atoms with Gasteiger partial charge in [0, 0.05) is 32.7 Å². The molecule has 0 bridgehead atoms. The first-order chi connectivity index (χ1) is 14.3. The van der Waals surface area contributed by atoms with Crippen LogP contribution in [0, 0.1) is 6.92 Å². The minimum absolute atomic E-state index is 0.0207. The van der Waals surface area contributed by atoms with Crippen LogP contribution in [0.3, 0.4) is 0 Å². The summed E-state index contributed by atoms with van der Waals surface area (Å²) >= 11 is 0. The van der Waals surface area contributed by atoms with Crippen molar-refractivity contribution in [2.24, 2.45) is 0 Å². The molecule has 3 rings (SSSR count). The number of hydrogen-bond acceptors (Lipinski definition) is 4. The Morgan fingerprint density at radius 2 is 1.57 bits per heavy atom. The van der Waals surface area contributed by atoms with E-state index in [9.17, 15) is 13.2 Å². The van der Waals surface area contributed by atoms with Crippen LogP contribution >= 0.6 is 0 Å². The van der Waals surface area contributed by atoms with Crippen molar-refractivity contribution in [3.05, 3.63) is 65.7 Å². The first kappa shape index (κ1) is 22.5. The molecule has 1 aliphatic heterocycles. The molecule has 1 amide bonds. The second kappa shape index (κ2) is 9.73. The van der Waals surface area contributed by atoms with Crippen molar-refractivity contribution in [1.29, 1.82) is 0 Å². The fourth-order valence-corrected chi connectivity index (χ4v) is 5.08. The summed E-state index contributed by atoms with van der Waals surface area (Å²) in [4.78, 5) is 15.0. The number of piperazine rings is 1. The van der Waals surface area contributed by atoms with E-state index in [1.807, 2.05) is 49.1 Å². The highest BCUT2D eigenvalue weighted by Gasteiger charge is 2.31. The molecule has 1 saturated heterocycles. The lowest BCUT2D eigenvalue weighted by atomic mass is 10.0. The summed E-state index contributed by atoms with van der Waals surface area (Å²) in [6.07, 6.45) is 0. The third kappa shape index (κ3) is 5.28. The lowest BCUT2D eigenvalue weighted by Gasteiger charge is -2.36. The van der Waals surface area contributed by atoms with Crippen molar-refractivity contribution in [3.8, 4) is 0 Å². The molecule has 162 valence electrons. The van der Waals surface area contributed by atoms with Gasteiger partial charge >= 0.3 is 0 Å². The molecular formula is C23H31N3O3S. The SMILES string of the molecule is Cc1ccc(S(=O)(=O)N2CCN([C@@H](C)C(=O)NC[C@H](C)c3ccccc3)CC2)cc1. The Morgan fingerprint density at radius 3 is 2.17 bits per heavy atom. The average molecular weight is 430 g/mol. The number of nitrogens with one attached hydrogen (secondary N) is 1. The summed E-state index contributed by atoms with van der Waals surface area (Å²) in [5.41, 5.74) is 2.22. The molecule has 6 nitrogen and oxygen atoms in total. The lowest BCUT2D eigenvalue weighted by molar-refractivity contribution is -0.126. The molecule has 0 aliphatic carbocycles. The van der Waals surface area contributed by atoms with E-state index < -0.39 is 10.0 Å². The average Bonchev–Trinajstić information content (AvgIpc) is 2.77. The Bertz CT molecular complexity index is 937. The van der Waals surface area contributed by atoms with Gasteiger partial charge in [0.1, 0.15) is 0 Å². The predicted octanol–water partition coefficient (Wildman–Crippen LogP) is 2.61. The Balaban J connectivity index is 1.51. The van der Waals surface area contributed by atoms with Gasteiger partial charge in [-0.15, -0.1) is 0 Å². The third-order valence-corrected chi connectivity index (χ3v) is 7.72. The third-order valence-electron chi connectivity index (χ3n) is 5.81. The van der Waals surface area contributed by atoms with Crippen molar-refractivity contribution in [2.75, 3.05) is 32.7 Å². The van der Waals surface area contributed by atoms with Gasteiger partial charge in [-0.05, 0) is 37.5 Å². The summed E-state index contributed by atoms with van der Waals surface area (Å²) in [5, 5.41) is 3.04.